The second kappa shape index (κ2) is 4.23. The number of carbonyl (C=O) groups excluding carboxylic acids is 1. The maximum atomic E-state index is 11.0. The molecule has 1 heterocycles. The molecule has 1 rings (SSSR count). The Morgan fingerprint density at radius 3 is 2.77 bits per heavy atom. The van der Waals surface area contributed by atoms with Crippen molar-refractivity contribution >= 4 is 17.3 Å². The molecule has 0 aromatic carbocycles. The number of ether oxygens (including phenoxy) is 1. The lowest BCUT2D eigenvalue weighted by atomic mass is 10.3. The molecule has 0 saturated heterocycles. The van der Waals surface area contributed by atoms with Crippen molar-refractivity contribution in [2.24, 2.45) is 0 Å². The Morgan fingerprint density at radius 1 is 1.62 bits per heavy atom. The Morgan fingerprint density at radius 2 is 2.31 bits per heavy atom. The molecule has 0 aliphatic rings. The highest BCUT2D eigenvalue weighted by Crippen LogP contribution is 2.09. The van der Waals surface area contributed by atoms with Crippen molar-refractivity contribution in [3.63, 3.8) is 0 Å². The second-order valence-electron chi connectivity index (χ2n) is 2.54. The Hall–Kier alpha value is -1.10. The van der Waals surface area contributed by atoms with Crippen molar-refractivity contribution in [2.75, 3.05) is 6.61 Å². The molecule has 0 atom stereocenters. The van der Waals surface area contributed by atoms with E-state index in [1.54, 1.807) is 13.8 Å². The quantitative estimate of drug-likeness (QED) is 0.737. The van der Waals surface area contributed by atoms with Crippen LogP contribution in [0, 0.1) is 6.92 Å². The Bertz CT molecular complexity index is 353. The first kappa shape index (κ1) is 9.98. The molecule has 0 spiro atoms. The molecule has 13 heavy (non-hydrogen) atoms. The fourth-order valence-electron chi connectivity index (χ4n) is 0.949. The lowest BCUT2D eigenvalue weighted by Crippen LogP contribution is -2.07. The third-order valence-electron chi connectivity index (χ3n) is 1.53. The average molecular weight is 201 g/mol. The van der Waals surface area contributed by atoms with Crippen LogP contribution < -0.4 is 4.87 Å². The van der Waals surface area contributed by atoms with Crippen molar-refractivity contribution in [3.8, 4) is 0 Å². The van der Waals surface area contributed by atoms with Crippen LogP contribution in [0.5, 0.6) is 0 Å². The van der Waals surface area contributed by atoms with Gasteiger partial charge in [-0.3, -0.25) is 9.59 Å². The van der Waals surface area contributed by atoms with E-state index in [4.69, 9.17) is 4.74 Å². The second-order valence-corrected chi connectivity index (χ2v) is 3.61. The van der Waals surface area contributed by atoms with E-state index in [-0.39, 0.29) is 17.3 Å². The standard InChI is InChI=1S/C8H11NO3S/c1-3-12-7(10)4-6-5(2)9-8(11)13-6/h3-4H2,1-2H3,(H,9,11). The number of carbonyl (C=O) groups is 1. The van der Waals surface area contributed by atoms with Gasteiger partial charge in [0.2, 0.25) is 0 Å². The van der Waals surface area contributed by atoms with Gasteiger partial charge in [0.1, 0.15) is 0 Å². The van der Waals surface area contributed by atoms with Gasteiger partial charge in [-0.2, -0.15) is 0 Å². The fraction of sp³-hybridized carbons (Fsp3) is 0.500. The van der Waals surface area contributed by atoms with E-state index >= 15 is 0 Å². The average Bonchev–Trinajstić information content (AvgIpc) is 2.30. The monoisotopic (exact) mass is 201 g/mol. The summed E-state index contributed by atoms with van der Waals surface area (Å²) in [5.74, 6) is -0.291. The van der Waals surface area contributed by atoms with Gasteiger partial charge < -0.3 is 9.72 Å². The molecule has 1 aromatic rings. The highest BCUT2D eigenvalue weighted by atomic mass is 32.1. The summed E-state index contributed by atoms with van der Waals surface area (Å²) < 4.78 is 4.76. The zero-order chi connectivity index (χ0) is 9.84. The summed E-state index contributed by atoms with van der Waals surface area (Å²) in [5, 5.41) is 0. The van der Waals surface area contributed by atoms with Crippen LogP contribution in [0.2, 0.25) is 0 Å². The predicted octanol–water partition coefficient (Wildman–Crippen LogP) is 0.850. The Labute approximate surface area is 79.6 Å². The predicted molar refractivity (Wildman–Crippen MR) is 50.0 cm³/mol. The van der Waals surface area contributed by atoms with Crippen LogP contribution in [-0.2, 0) is 16.0 Å². The highest BCUT2D eigenvalue weighted by molar-refractivity contribution is 7.09. The molecule has 0 aliphatic carbocycles. The van der Waals surface area contributed by atoms with E-state index in [1.165, 1.54) is 0 Å². The summed E-state index contributed by atoms with van der Waals surface area (Å²) >= 11 is 1.06. The third-order valence-corrected chi connectivity index (χ3v) is 2.52. The van der Waals surface area contributed by atoms with Gasteiger partial charge in [0.25, 0.3) is 0 Å². The number of hydrogen-bond acceptors (Lipinski definition) is 4. The van der Waals surface area contributed by atoms with Crippen molar-refractivity contribution < 1.29 is 9.53 Å². The molecule has 0 unspecified atom stereocenters. The Kier molecular flexibility index (Phi) is 3.25. The topological polar surface area (TPSA) is 59.2 Å². The van der Waals surface area contributed by atoms with Crippen LogP contribution in [0.15, 0.2) is 4.79 Å². The molecule has 0 bridgehead atoms. The largest absolute Gasteiger partial charge is 0.466 e. The molecule has 4 nitrogen and oxygen atoms in total. The number of aryl methyl sites for hydroxylation is 1. The molecule has 0 fully saturated rings. The molecule has 0 radical (unpaired) electrons. The van der Waals surface area contributed by atoms with E-state index in [1.807, 2.05) is 0 Å². The molecule has 5 heteroatoms. The van der Waals surface area contributed by atoms with Crippen molar-refractivity contribution in [2.45, 2.75) is 20.3 Å². The van der Waals surface area contributed by atoms with E-state index in [0.29, 0.717) is 6.61 Å². The maximum Gasteiger partial charge on any atom is 0.311 e. The zero-order valence-electron chi connectivity index (χ0n) is 7.55. The minimum Gasteiger partial charge on any atom is -0.466 e. The van der Waals surface area contributed by atoms with Gasteiger partial charge >= 0.3 is 10.8 Å². The van der Waals surface area contributed by atoms with Gasteiger partial charge in [0.15, 0.2) is 0 Å². The van der Waals surface area contributed by atoms with Gasteiger partial charge in [0.05, 0.1) is 13.0 Å². The zero-order valence-corrected chi connectivity index (χ0v) is 8.36. The lowest BCUT2D eigenvalue weighted by Gasteiger charge is -1.99. The number of aromatic nitrogens is 1. The van der Waals surface area contributed by atoms with E-state index in [9.17, 15) is 9.59 Å². The lowest BCUT2D eigenvalue weighted by molar-refractivity contribution is -0.142. The maximum absolute atomic E-state index is 11.0. The summed E-state index contributed by atoms with van der Waals surface area (Å²) in [4.78, 5) is 25.1. The Balaban J connectivity index is 2.68. The number of H-pyrrole nitrogens is 1. The van der Waals surface area contributed by atoms with Crippen LogP contribution in [0.4, 0.5) is 0 Å². The van der Waals surface area contributed by atoms with Gasteiger partial charge in [0, 0.05) is 10.6 Å². The number of esters is 1. The van der Waals surface area contributed by atoms with Crippen molar-refractivity contribution in [1.29, 1.82) is 0 Å². The molecular weight excluding hydrogens is 190 g/mol. The summed E-state index contributed by atoms with van der Waals surface area (Å²) in [6, 6.07) is 0. The van der Waals surface area contributed by atoms with Crippen LogP contribution in [0.3, 0.4) is 0 Å². The summed E-state index contributed by atoms with van der Waals surface area (Å²) in [7, 11) is 0. The van der Waals surface area contributed by atoms with Gasteiger partial charge in [-0.25, -0.2) is 0 Å². The third kappa shape index (κ3) is 2.69. The first-order valence-electron chi connectivity index (χ1n) is 3.97. The summed E-state index contributed by atoms with van der Waals surface area (Å²) in [5.41, 5.74) is 0.753. The minimum atomic E-state index is -0.291. The van der Waals surface area contributed by atoms with Crippen molar-refractivity contribution in [3.05, 3.63) is 20.2 Å². The molecule has 0 saturated carbocycles. The smallest absolute Gasteiger partial charge is 0.311 e. The fourth-order valence-corrected chi connectivity index (χ4v) is 1.77. The van der Waals surface area contributed by atoms with Crippen LogP contribution >= 0.6 is 11.3 Å². The summed E-state index contributed by atoms with van der Waals surface area (Å²) in [6.07, 6.45) is 0.184. The van der Waals surface area contributed by atoms with E-state index < -0.39 is 0 Å². The van der Waals surface area contributed by atoms with Crippen LogP contribution in [0.25, 0.3) is 0 Å². The molecule has 0 aliphatic heterocycles. The molecule has 72 valence electrons. The molecule has 1 aromatic heterocycles. The number of hydrogen-bond donors (Lipinski definition) is 1. The molecular formula is C8H11NO3S. The molecule has 1 N–H and O–H groups in total. The van der Waals surface area contributed by atoms with Crippen LogP contribution in [-0.4, -0.2) is 17.6 Å². The normalized spacial score (nSPS) is 10.0. The first-order valence-corrected chi connectivity index (χ1v) is 4.79. The van der Waals surface area contributed by atoms with Gasteiger partial charge in [-0.05, 0) is 13.8 Å². The SMILES string of the molecule is CCOC(=O)Cc1sc(=O)[nH]c1C. The first-order chi connectivity index (χ1) is 6.13. The van der Waals surface area contributed by atoms with Gasteiger partial charge in [-0.1, -0.05) is 11.3 Å². The molecule has 0 amide bonds. The number of thiazole rings is 1. The van der Waals surface area contributed by atoms with E-state index in [0.717, 1.165) is 21.9 Å². The summed E-state index contributed by atoms with van der Waals surface area (Å²) in [6.45, 7) is 3.90. The minimum absolute atomic E-state index is 0.128. The van der Waals surface area contributed by atoms with Gasteiger partial charge in [-0.15, -0.1) is 0 Å². The van der Waals surface area contributed by atoms with Crippen molar-refractivity contribution in [1.82, 2.24) is 4.98 Å². The van der Waals surface area contributed by atoms with Crippen LogP contribution in [0.1, 0.15) is 17.5 Å². The number of rotatable bonds is 3. The van der Waals surface area contributed by atoms with E-state index in [2.05, 4.69) is 4.98 Å². The highest BCUT2D eigenvalue weighted by Gasteiger charge is 2.09. The number of nitrogens with one attached hydrogen (secondary N) is 1. The number of aromatic amines is 1.